The van der Waals surface area contributed by atoms with E-state index in [2.05, 4.69) is 15.3 Å². The molecule has 0 bridgehead atoms. The van der Waals surface area contributed by atoms with Crippen LogP contribution in [0.3, 0.4) is 0 Å². The third-order valence-corrected chi connectivity index (χ3v) is 4.01. The van der Waals surface area contributed by atoms with Gasteiger partial charge in [-0.1, -0.05) is 0 Å². The number of aromatic nitrogens is 2. The van der Waals surface area contributed by atoms with Crippen molar-refractivity contribution < 1.29 is 5.11 Å². The molecule has 5 nitrogen and oxygen atoms in total. The Morgan fingerprint density at radius 3 is 2.67 bits per heavy atom. The van der Waals surface area contributed by atoms with Crippen molar-refractivity contribution in [2.75, 3.05) is 17.6 Å². The zero-order chi connectivity index (χ0) is 12.8. The standard InChI is InChI=1S/C13H20N4O/c1-8-10(14)16-12(9-3-4-9)17-11(8)15-7-13(18)5-2-6-13/h9,18H,2-7H2,1H3,(H3,14,15,16,17). The number of nitrogens with one attached hydrogen (secondary N) is 1. The average molecular weight is 248 g/mol. The van der Waals surface area contributed by atoms with Crippen LogP contribution < -0.4 is 11.1 Å². The maximum Gasteiger partial charge on any atom is 0.136 e. The van der Waals surface area contributed by atoms with E-state index in [1.807, 2.05) is 6.92 Å². The van der Waals surface area contributed by atoms with E-state index in [0.29, 0.717) is 18.3 Å². The molecular formula is C13H20N4O. The van der Waals surface area contributed by atoms with E-state index >= 15 is 0 Å². The molecule has 0 saturated heterocycles. The highest BCUT2D eigenvalue weighted by Crippen LogP contribution is 2.39. The molecule has 2 saturated carbocycles. The van der Waals surface area contributed by atoms with Gasteiger partial charge in [0.1, 0.15) is 17.5 Å². The van der Waals surface area contributed by atoms with Gasteiger partial charge in [-0.3, -0.25) is 0 Å². The van der Waals surface area contributed by atoms with Crippen molar-refractivity contribution in [2.45, 2.75) is 50.5 Å². The Hall–Kier alpha value is -1.36. The second-order valence-electron chi connectivity index (χ2n) is 5.65. The minimum Gasteiger partial charge on any atom is -0.388 e. The maximum absolute atomic E-state index is 10.1. The summed E-state index contributed by atoms with van der Waals surface area (Å²) in [7, 11) is 0. The van der Waals surface area contributed by atoms with Gasteiger partial charge < -0.3 is 16.2 Å². The van der Waals surface area contributed by atoms with Crippen molar-refractivity contribution in [3.8, 4) is 0 Å². The molecule has 0 atom stereocenters. The summed E-state index contributed by atoms with van der Waals surface area (Å²) in [4.78, 5) is 8.88. The first-order valence-corrected chi connectivity index (χ1v) is 6.68. The summed E-state index contributed by atoms with van der Waals surface area (Å²) in [5.74, 6) is 2.67. The third-order valence-electron chi connectivity index (χ3n) is 4.01. The van der Waals surface area contributed by atoms with Crippen molar-refractivity contribution in [2.24, 2.45) is 0 Å². The van der Waals surface area contributed by atoms with Crippen LogP contribution in [-0.2, 0) is 0 Å². The molecule has 2 aliphatic rings. The first kappa shape index (κ1) is 11.7. The predicted molar refractivity (Wildman–Crippen MR) is 70.4 cm³/mol. The van der Waals surface area contributed by atoms with Crippen LogP contribution in [0.25, 0.3) is 0 Å². The molecule has 0 unspecified atom stereocenters. The number of aliphatic hydroxyl groups is 1. The molecule has 1 heterocycles. The zero-order valence-electron chi connectivity index (χ0n) is 10.7. The lowest BCUT2D eigenvalue weighted by Crippen LogP contribution is -2.43. The van der Waals surface area contributed by atoms with Crippen LogP contribution in [0.5, 0.6) is 0 Å². The normalized spacial score (nSPS) is 21.4. The van der Waals surface area contributed by atoms with Gasteiger partial charge in [-0.05, 0) is 39.0 Å². The van der Waals surface area contributed by atoms with Crippen LogP contribution in [-0.4, -0.2) is 27.2 Å². The lowest BCUT2D eigenvalue weighted by molar-refractivity contribution is -0.0202. The quantitative estimate of drug-likeness (QED) is 0.753. The molecular weight excluding hydrogens is 228 g/mol. The number of anilines is 2. The Morgan fingerprint density at radius 2 is 2.11 bits per heavy atom. The fourth-order valence-corrected chi connectivity index (χ4v) is 2.26. The van der Waals surface area contributed by atoms with Crippen molar-refractivity contribution >= 4 is 11.6 Å². The highest BCUT2D eigenvalue weighted by molar-refractivity contribution is 5.55. The number of nitrogens with zero attached hydrogens (tertiary/aromatic N) is 2. The predicted octanol–water partition coefficient (Wildman–Crippen LogP) is 1.57. The van der Waals surface area contributed by atoms with E-state index < -0.39 is 5.60 Å². The second-order valence-corrected chi connectivity index (χ2v) is 5.65. The summed E-state index contributed by atoms with van der Waals surface area (Å²) in [5, 5.41) is 13.3. The minimum atomic E-state index is -0.550. The molecule has 1 aromatic rings. The summed E-state index contributed by atoms with van der Waals surface area (Å²) in [6, 6.07) is 0. The Labute approximate surface area is 107 Å². The molecule has 98 valence electrons. The molecule has 0 radical (unpaired) electrons. The molecule has 2 aliphatic carbocycles. The molecule has 3 rings (SSSR count). The Kier molecular flexibility index (Phi) is 2.66. The number of nitrogens with two attached hydrogens (primary N) is 1. The van der Waals surface area contributed by atoms with Crippen LogP contribution in [0.1, 0.15) is 49.4 Å². The van der Waals surface area contributed by atoms with Crippen molar-refractivity contribution in [3.05, 3.63) is 11.4 Å². The topological polar surface area (TPSA) is 84.1 Å². The van der Waals surface area contributed by atoms with Gasteiger partial charge in [0.25, 0.3) is 0 Å². The summed E-state index contributed by atoms with van der Waals surface area (Å²) in [6.07, 6.45) is 5.17. The average Bonchev–Trinajstić information content (AvgIpc) is 3.12. The van der Waals surface area contributed by atoms with E-state index in [4.69, 9.17) is 5.73 Å². The fraction of sp³-hybridized carbons (Fsp3) is 0.692. The van der Waals surface area contributed by atoms with Gasteiger partial charge >= 0.3 is 0 Å². The van der Waals surface area contributed by atoms with Gasteiger partial charge in [0.05, 0.1) is 5.60 Å². The molecule has 4 N–H and O–H groups in total. The molecule has 0 spiro atoms. The van der Waals surface area contributed by atoms with E-state index in [1.54, 1.807) is 0 Å². The smallest absolute Gasteiger partial charge is 0.136 e. The summed E-state index contributed by atoms with van der Waals surface area (Å²) >= 11 is 0. The molecule has 5 heteroatoms. The summed E-state index contributed by atoms with van der Waals surface area (Å²) < 4.78 is 0. The van der Waals surface area contributed by atoms with Crippen molar-refractivity contribution in [3.63, 3.8) is 0 Å². The third kappa shape index (κ3) is 2.14. The van der Waals surface area contributed by atoms with Crippen LogP contribution >= 0.6 is 0 Å². The van der Waals surface area contributed by atoms with Crippen molar-refractivity contribution in [1.82, 2.24) is 9.97 Å². The monoisotopic (exact) mass is 248 g/mol. The Bertz CT molecular complexity index is 466. The Balaban J connectivity index is 1.77. The summed E-state index contributed by atoms with van der Waals surface area (Å²) in [6.45, 7) is 2.47. The highest BCUT2D eigenvalue weighted by atomic mass is 16.3. The van der Waals surface area contributed by atoms with E-state index in [9.17, 15) is 5.11 Å². The number of hydrogen-bond donors (Lipinski definition) is 3. The molecule has 0 aliphatic heterocycles. The molecule has 2 fully saturated rings. The molecule has 1 aromatic heterocycles. The highest BCUT2D eigenvalue weighted by Gasteiger charge is 2.34. The molecule has 0 aromatic carbocycles. The second kappa shape index (κ2) is 4.09. The SMILES string of the molecule is Cc1c(N)nc(C2CC2)nc1NCC1(O)CCC1. The van der Waals surface area contributed by atoms with Gasteiger partial charge in [0.15, 0.2) is 0 Å². The lowest BCUT2D eigenvalue weighted by Gasteiger charge is -2.36. The molecule has 0 amide bonds. The van der Waals surface area contributed by atoms with Gasteiger partial charge in [0.2, 0.25) is 0 Å². The van der Waals surface area contributed by atoms with E-state index in [-0.39, 0.29) is 0 Å². The van der Waals surface area contributed by atoms with E-state index in [0.717, 1.165) is 49.3 Å². The fourth-order valence-electron chi connectivity index (χ4n) is 2.26. The first-order chi connectivity index (χ1) is 8.57. The largest absolute Gasteiger partial charge is 0.388 e. The van der Waals surface area contributed by atoms with Crippen LogP contribution in [0.4, 0.5) is 11.6 Å². The van der Waals surface area contributed by atoms with Crippen molar-refractivity contribution in [1.29, 1.82) is 0 Å². The van der Waals surface area contributed by atoms with Crippen LogP contribution in [0.15, 0.2) is 0 Å². The number of rotatable bonds is 4. The molecule has 18 heavy (non-hydrogen) atoms. The lowest BCUT2D eigenvalue weighted by atomic mass is 9.80. The van der Waals surface area contributed by atoms with Gasteiger partial charge in [-0.25, -0.2) is 9.97 Å². The van der Waals surface area contributed by atoms with E-state index in [1.165, 1.54) is 0 Å². The first-order valence-electron chi connectivity index (χ1n) is 6.68. The number of nitrogen functional groups attached to an aromatic ring is 1. The van der Waals surface area contributed by atoms with Gasteiger partial charge in [-0.15, -0.1) is 0 Å². The van der Waals surface area contributed by atoms with Crippen LogP contribution in [0, 0.1) is 6.92 Å². The van der Waals surface area contributed by atoms with Crippen LogP contribution in [0.2, 0.25) is 0 Å². The summed E-state index contributed by atoms with van der Waals surface area (Å²) in [5.41, 5.74) is 6.25. The van der Waals surface area contributed by atoms with Gasteiger partial charge in [-0.2, -0.15) is 0 Å². The maximum atomic E-state index is 10.1. The van der Waals surface area contributed by atoms with Gasteiger partial charge in [0, 0.05) is 18.0 Å². The number of hydrogen-bond acceptors (Lipinski definition) is 5. The Morgan fingerprint density at radius 1 is 1.39 bits per heavy atom. The minimum absolute atomic E-state index is 0.486. The zero-order valence-corrected chi connectivity index (χ0v) is 10.7.